The lowest BCUT2D eigenvalue weighted by atomic mass is 10.2. The number of nitrogens with zero attached hydrogens (tertiary/aromatic N) is 4. The Balaban J connectivity index is 1.65. The second kappa shape index (κ2) is 4.90. The van der Waals surface area contributed by atoms with Crippen LogP contribution in [-0.2, 0) is 0 Å². The molecule has 1 unspecified atom stereocenters. The quantitative estimate of drug-likeness (QED) is 0.835. The van der Waals surface area contributed by atoms with E-state index < -0.39 is 0 Å². The summed E-state index contributed by atoms with van der Waals surface area (Å²) in [5.41, 5.74) is 0. The predicted octanol–water partition coefficient (Wildman–Crippen LogP) is 1.91. The highest BCUT2D eigenvalue weighted by Crippen LogP contribution is 2.23. The maximum atomic E-state index is 4.37. The summed E-state index contributed by atoms with van der Waals surface area (Å²) < 4.78 is 0.941. The van der Waals surface area contributed by atoms with E-state index in [1.807, 2.05) is 12.4 Å². The predicted molar refractivity (Wildman–Crippen MR) is 71.2 cm³/mol. The average Bonchev–Trinajstić information content (AvgIpc) is 3.00. The van der Waals surface area contributed by atoms with Crippen LogP contribution in [-0.4, -0.2) is 47.1 Å². The summed E-state index contributed by atoms with van der Waals surface area (Å²) in [4.78, 5) is 13.7. The number of aromatic nitrogens is 2. The van der Waals surface area contributed by atoms with Gasteiger partial charge in [0.15, 0.2) is 0 Å². The normalized spacial score (nSPS) is 25.7. The summed E-state index contributed by atoms with van der Waals surface area (Å²) in [6.07, 6.45) is 7.63. The molecule has 1 atom stereocenters. The SMILES string of the molecule is Brc1cnc(N2CCC(N3CCCC3)C2)nc1. The van der Waals surface area contributed by atoms with Gasteiger partial charge in [-0.2, -0.15) is 0 Å². The van der Waals surface area contributed by atoms with Crippen LogP contribution in [0, 0.1) is 0 Å². The van der Waals surface area contributed by atoms with Crippen molar-refractivity contribution in [2.24, 2.45) is 0 Å². The summed E-state index contributed by atoms with van der Waals surface area (Å²) in [5.74, 6) is 0.870. The van der Waals surface area contributed by atoms with Crippen LogP contribution in [0.1, 0.15) is 19.3 Å². The minimum Gasteiger partial charge on any atom is -0.339 e. The van der Waals surface area contributed by atoms with Gasteiger partial charge < -0.3 is 4.90 Å². The summed E-state index contributed by atoms with van der Waals surface area (Å²) in [6, 6.07) is 0.713. The van der Waals surface area contributed by atoms with E-state index in [9.17, 15) is 0 Å². The van der Waals surface area contributed by atoms with Gasteiger partial charge in [0, 0.05) is 31.5 Å². The van der Waals surface area contributed by atoms with Crippen LogP contribution < -0.4 is 4.90 Å². The lowest BCUT2D eigenvalue weighted by Gasteiger charge is -2.23. The van der Waals surface area contributed by atoms with Gasteiger partial charge >= 0.3 is 0 Å². The van der Waals surface area contributed by atoms with Crippen molar-refractivity contribution in [1.82, 2.24) is 14.9 Å². The Kier molecular flexibility index (Phi) is 3.29. The molecule has 2 aliphatic heterocycles. The second-order valence-corrected chi connectivity index (χ2v) is 5.75. The lowest BCUT2D eigenvalue weighted by molar-refractivity contribution is 0.260. The molecule has 4 nitrogen and oxygen atoms in total. The molecule has 1 aromatic rings. The first kappa shape index (κ1) is 11.4. The highest BCUT2D eigenvalue weighted by Gasteiger charge is 2.30. The van der Waals surface area contributed by atoms with Crippen molar-refractivity contribution in [3.8, 4) is 0 Å². The van der Waals surface area contributed by atoms with Gasteiger partial charge in [0.2, 0.25) is 5.95 Å². The Hall–Kier alpha value is -0.680. The third-order valence-corrected chi connectivity index (χ3v) is 4.12. The van der Waals surface area contributed by atoms with Crippen LogP contribution in [0.15, 0.2) is 16.9 Å². The van der Waals surface area contributed by atoms with Crippen LogP contribution in [0.3, 0.4) is 0 Å². The van der Waals surface area contributed by atoms with Gasteiger partial charge in [0.1, 0.15) is 0 Å². The smallest absolute Gasteiger partial charge is 0.225 e. The molecule has 0 amide bonds. The van der Waals surface area contributed by atoms with Gasteiger partial charge in [-0.05, 0) is 48.3 Å². The van der Waals surface area contributed by atoms with Crippen molar-refractivity contribution in [2.75, 3.05) is 31.1 Å². The highest BCUT2D eigenvalue weighted by molar-refractivity contribution is 9.10. The summed E-state index contributed by atoms with van der Waals surface area (Å²) in [6.45, 7) is 4.73. The number of halogens is 1. The fourth-order valence-corrected chi connectivity index (χ4v) is 3.00. The Morgan fingerprint density at radius 2 is 1.82 bits per heavy atom. The van der Waals surface area contributed by atoms with Crippen LogP contribution in [0.4, 0.5) is 5.95 Å². The van der Waals surface area contributed by atoms with Gasteiger partial charge in [0.05, 0.1) is 4.47 Å². The Labute approximate surface area is 110 Å². The van der Waals surface area contributed by atoms with Crippen molar-refractivity contribution in [3.05, 3.63) is 16.9 Å². The van der Waals surface area contributed by atoms with Gasteiger partial charge in [-0.15, -0.1) is 0 Å². The first-order valence-electron chi connectivity index (χ1n) is 6.29. The molecule has 5 heteroatoms. The van der Waals surface area contributed by atoms with Gasteiger partial charge in [0.25, 0.3) is 0 Å². The van der Waals surface area contributed by atoms with Crippen molar-refractivity contribution in [1.29, 1.82) is 0 Å². The minimum atomic E-state index is 0.713. The zero-order valence-electron chi connectivity index (χ0n) is 9.85. The van der Waals surface area contributed by atoms with E-state index in [0.717, 1.165) is 23.5 Å². The van der Waals surface area contributed by atoms with Gasteiger partial charge in [-0.3, -0.25) is 4.90 Å². The molecule has 0 bridgehead atoms. The molecule has 2 aliphatic rings. The third-order valence-electron chi connectivity index (χ3n) is 3.71. The molecule has 2 fully saturated rings. The molecular formula is C12H17BrN4. The molecule has 0 radical (unpaired) electrons. The maximum absolute atomic E-state index is 4.37. The number of hydrogen-bond donors (Lipinski definition) is 0. The molecule has 0 spiro atoms. The van der Waals surface area contributed by atoms with Crippen molar-refractivity contribution in [2.45, 2.75) is 25.3 Å². The monoisotopic (exact) mass is 296 g/mol. The summed E-state index contributed by atoms with van der Waals surface area (Å²) >= 11 is 3.37. The standard InChI is InChI=1S/C12H17BrN4/c13-10-7-14-12(15-8-10)17-6-3-11(9-17)16-4-1-2-5-16/h7-8,11H,1-6,9H2. The van der Waals surface area contributed by atoms with Gasteiger partial charge in [-0.1, -0.05) is 0 Å². The first-order valence-corrected chi connectivity index (χ1v) is 7.09. The van der Waals surface area contributed by atoms with Crippen LogP contribution in [0.25, 0.3) is 0 Å². The molecule has 17 heavy (non-hydrogen) atoms. The first-order chi connectivity index (χ1) is 8.33. The van der Waals surface area contributed by atoms with Crippen LogP contribution >= 0.6 is 15.9 Å². The van der Waals surface area contributed by atoms with E-state index in [2.05, 4.69) is 35.7 Å². The fourth-order valence-electron chi connectivity index (χ4n) is 2.80. The Morgan fingerprint density at radius 1 is 1.12 bits per heavy atom. The average molecular weight is 297 g/mol. The Bertz CT molecular complexity index is 375. The summed E-state index contributed by atoms with van der Waals surface area (Å²) in [7, 11) is 0. The maximum Gasteiger partial charge on any atom is 0.225 e. The largest absolute Gasteiger partial charge is 0.339 e. The van der Waals surface area contributed by atoms with Crippen LogP contribution in [0.5, 0.6) is 0 Å². The molecule has 3 heterocycles. The molecule has 0 aromatic carbocycles. The van der Waals surface area contributed by atoms with E-state index in [-0.39, 0.29) is 0 Å². The lowest BCUT2D eigenvalue weighted by Crippen LogP contribution is -2.35. The molecular weight excluding hydrogens is 280 g/mol. The number of hydrogen-bond acceptors (Lipinski definition) is 4. The van der Waals surface area contributed by atoms with E-state index in [0.29, 0.717) is 6.04 Å². The van der Waals surface area contributed by atoms with Gasteiger partial charge in [-0.25, -0.2) is 9.97 Å². The molecule has 2 saturated heterocycles. The van der Waals surface area contributed by atoms with Crippen molar-refractivity contribution >= 4 is 21.9 Å². The molecule has 0 N–H and O–H groups in total. The highest BCUT2D eigenvalue weighted by atomic mass is 79.9. The van der Waals surface area contributed by atoms with E-state index >= 15 is 0 Å². The molecule has 92 valence electrons. The number of rotatable bonds is 2. The summed E-state index contributed by atoms with van der Waals surface area (Å²) in [5, 5.41) is 0. The molecule has 1 aromatic heterocycles. The Morgan fingerprint density at radius 3 is 2.53 bits per heavy atom. The zero-order valence-corrected chi connectivity index (χ0v) is 11.4. The minimum absolute atomic E-state index is 0.713. The number of anilines is 1. The van der Waals surface area contributed by atoms with Crippen LogP contribution in [0.2, 0.25) is 0 Å². The molecule has 0 aliphatic carbocycles. The second-order valence-electron chi connectivity index (χ2n) is 4.83. The third kappa shape index (κ3) is 2.45. The van der Waals surface area contributed by atoms with Crippen molar-refractivity contribution in [3.63, 3.8) is 0 Å². The molecule has 0 saturated carbocycles. The van der Waals surface area contributed by atoms with E-state index in [1.165, 1.54) is 32.4 Å². The zero-order chi connectivity index (χ0) is 11.7. The number of likely N-dealkylation sites (tertiary alicyclic amines) is 1. The fraction of sp³-hybridized carbons (Fsp3) is 0.667. The van der Waals surface area contributed by atoms with Crippen molar-refractivity contribution < 1.29 is 0 Å². The van der Waals surface area contributed by atoms with E-state index in [4.69, 9.17) is 0 Å². The van der Waals surface area contributed by atoms with E-state index in [1.54, 1.807) is 0 Å². The molecule has 3 rings (SSSR count). The topological polar surface area (TPSA) is 32.3 Å².